The molecule has 5 nitrogen and oxygen atoms in total. The third kappa shape index (κ3) is 3.22. The number of halogens is 2. The second-order valence-electron chi connectivity index (χ2n) is 4.14. The highest BCUT2D eigenvalue weighted by molar-refractivity contribution is 7.92. The van der Waals surface area contributed by atoms with Crippen LogP contribution in [0.5, 0.6) is 5.75 Å². The van der Waals surface area contributed by atoms with E-state index < -0.39 is 21.7 Å². The van der Waals surface area contributed by atoms with Gasteiger partial charge in [-0.05, 0) is 36.4 Å². The lowest BCUT2D eigenvalue weighted by Gasteiger charge is -2.10. The van der Waals surface area contributed by atoms with Crippen molar-refractivity contribution in [3.63, 3.8) is 0 Å². The van der Waals surface area contributed by atoms with E-state index in [1.807, 2.05) is 0 Å². The van der Waals surface area contributed by atoms with Gasteiger partial charge in [0.1, 0.15) is 5.82 Å². The number of rotatable bonds is 4. The van der Waals surface area contributed by atoms with Crippen LogP contribution in [0.3, 0.4) is 0 Å². The second kappa shape index (κ2) is 5.57. The number of nitrogens with one attached hydrogen (secondary N) is 1. The zero-order valence-corrected chi connectivity index (χ0v) is 11.7. The number of benzene rings is 2. The zero-order chi connectivity index (χ0) is 15.6. The molecule has 2 rings (SSSR count). The topological polar surface area (TPSA) is 81.4 Å². The summed E-state index contributed by atoms with van der Waals surface area (Å²) in [5.74, 6) is -1.53. The third-order valence-corrected chi connectivity index (χ3v) is 4.06. The quantitative estimate of drug-likeness (QED) is 0.849. The summed E-state index contributed by atoms with van der Waals surface area (Å²) < 4.78 is 57.7. The van der Waals surface area contributed by atoms with Crippen LogP contribution in [0.15, 0.2) is 41.3 Å². The molecule has 8 heteroatoms. The summed E-state index contributed by atoms with van der Waals surface area (Å²) in [5, 5.41) is 0. The first-order valence-corrected chi connectivity index (χ1v) is 7.23. The Labute approximate surface area is 120 Å². The van der Waals surface area contributed by atoms with E-state index in [0.717, 1.165) is 18.2 Å². The number of nitrogen functional groups attached to an aromatic ring is 1. The highest BCUT2D eigenvalue weighted by atomic mass is 32.2. The first-order chi connectivity index (χ1) is 9.83. The minimum atomic E-state index is -4.01. The second-order valence-corrected chi connectivity index (χ2v) is 5.82. The summed E-state index contributed by atoms with van der Waals surface area (Å²) in [6.45, 7) is 0. The number of hydrogen-bond acceptors (Lipinski definition) is 4. The van der Waals surface area contributed by atoms with E-state index in [2.05, 4.69) is 4.72 Å². The lowest BCUT2D eigenvalue weighted by molar-refractivity contribution is 0.385. The van der Waals surface area contributed by atoms with E-state index in [1.54, 1.807) is 0 Å². The summed E-state index contributed by atoms with van der Waals surface area (Å²) in [6.07, 6.45) is 0. The molecule has 2 aromatic carbocycles. The standard InChI is InChI=1S/C13H12F2N2O3S/c1-20-13-5-3-9(7-11(13)15)21(18,19)17-8-2-4-10(14)12(16)6-8/h2-7,17H,16H2,1H3. The van der Waals surface area contributed by atoms with Crippen molar-refractivity contribution in [2.45, 2.75) is 4.90 Å². The van der Waals surface area contributed by atoms with E-state index in [4.69, 9.17) is 10.5 Å². The summed E-state index contributed by atoms with van der Waals surface area (Å²) in [5.41, 5.74) is 5.23. The van der Waals surface area contributed by atoms with Gasteiger partial charge in [0, 0.05) is 0 Å². The van der Waals surface area contributed by atoms with Gasteiger partial charge in [-0.2, -0.15) is 0 Å². The van der Waals surface area contributed by atoms with Gasteiger partial charge in [0.25, 0.3) is 10.0 Å². The molecule has 0 spiro atoms. The molecule has 0 saturated carbocycles. The first-order valence-electron chi connectivity index (χ1n) is 5.75. The number of sulfonamides is 1. The van der Waals surface area contributed by atoms with E-state index in [1.165, 1.54) is 25.3 Å². The van der Waals surface area contributed by atoms with Crippen LogP contribution in [-0.4, -0.2) is 15.5 Å². The third-order valence-electron chi connectivity index (χ3n) is 2.68. The SMILES string of the molecule is COc1ccc(S(=O)(=O)Nc2ccc(F)c(N)c2)cc1F. The van der Waals surface area contributed by atoms with Gasteiger partial charge in [0.15, 0.2) is 11.6 Å². The maximum Gasteiger partial charge on any atom is 0.262 e. The summed E-state index contributed by atoms with van der Waals surface area (Å²) in [6, 6.07) is 6.59. The molecule has 0 fully saturated rings. The number of nitrogens with two attached hydrogens (primary N) is 1. The highest BCUT2D eigenvalue weighted by Gasteiger charge is 2.17. The van der Waals surface area contributed by atoms with Gasteiger partial charge in [-0.15, -0.1) is 0 Å². The monoisotopic (exact) mass is 314 g/mol. The van der Waals surface area contributed by atoms with Crippen molar-refractivity contribution in [2.24, 2.45) is 0 Å². The molecule has 3 N–H and O–H groups in total. The molecular weight excluding hydrogens is 302 g/mol. The number of methoxy groups -OCH3 is 1. The van der Waals surface area contributed by atoms with Crippen molar-refractivity contribution in [2.75, 3.05) is 17.6 Å². The lowest BCUT2D eigenvalue weighted by Crippen LogP contribution is -2.13. The Morgan fingerprint density at radius 2 is 1.81 bits per heavy atom. The largest absolute Gasteiger partial charge is 0.494 e. The molecule has 0 bridgehead atoms. The molecule has 0 aliphatic rings. The van der Waals surface area contributed by atoms with Crippen LogP contribution < -0.4 is 15.2 Å². The molecule has 0 unspecified atom stereocenters. The fourth-order valence-electron chi connectivity index (χ4n) is 1.64. The lowest BCUT2D eigenvalue weighted by atomic mass is 10.3. The molecule has 0 aliphatic heterocycles. The van der Waals surface area contributed by atoms with Crippen molar-refractivity contribution < 1.29 is 21.9 Å². The van der Waals surface area contributed by atoms with Crippen LogP contribution in [0.25, 0.3) is 0 Å². The van der Waals surface area contributed by atoms with E-state index >= 15 is 0 Å². The minimum Gasteiger partial charge on any atom is -0.494 e. The predicted molar refractivity (Wildman–Crippen MR) is 74.6 cm³/mol. The maximum absolute atomic E-state index is 13.5. The smallest absolute Gasteiger partial charge is 0.262 e. The Balaban J connectivity index is 2.33. The van der Waals surface area contributed by atoms with Crippen molar-refractivity contribution in [1.29, 1.82) is 0 Å². The number of hydrogen-bond donors (Lipinski definition) is 2. The molecule has 0 heterocycles. The Morgan fingerprint density at radius 3 is 2.38 bits per heavy atom. The molecule has 0 aromatic heterocycles. The van der Waals surface area contributed by atoms with Crippen molar-refractivity contribution in [1.82, 2.24) is 0 Å². The van der Waals surface area contributed by atoms with E-state index in [0.29, 0.717) is 0 Å². The van der Waals surface area contributed by atoms with Gasteiger partial charge in [-0.1, -0.05) is 0 Å². The minimum absolute atomic E-state index is 0.0695. The molecule has 0 aliphatic carbocycles. The molecular formula is C13H12F2N2O3S. The van der Waals surface area contributed by atoms with Crippen molar-refractivity contribution in [3.05, 3.63) is 48.0 Å². The van der Waals surface area contributed by atoms with Gasteiger partial charge in [-0.3, -0.25) is 4.72 Å². The van der Waals surface area contributed by atoms with Crippen LogP contribution in [0.1, 0.15) is 0 Å². The molecule has 21 heavy (non-hydrogen) atoms. The van der Waals surface area contributed by atoms with Gasteiger partial charge in [-0.25, -0.2) is 17.2 Å². The highest BCUT2D eigenvalue weighted by Crippen LogP contribution is 2.23. The summed E-state index contributed by atoms with van der Waals surface area (Å²) >= 11 is 0. The van der Waals surface area contributed by atoms with E-state index in [-0.39, 0.29) is 22.0 Å². The van der Waals surface area contributed by atoms with Crippen LogP contribution in [0, 0.1) is 11.6 Å². The Hall–Kier alpha value is -2.35. The molecule has 0 saturated heterocycles. The van der Waals surface area contributed by atoms with Gasteiger partial charge in [0.2, 0.25) is 0 Å². The molecule has 2 aromatic rings. The van der Waals surface area contributed by atoms with Gasteiger partial charge >= 0.3 is 0 Å². The van der Waals surface area contributed by atoms with Crippen LogP contribution >= 0.6 is 0 Å². The molecule has 0 atom stereocenters. The van der Waals surface area contributed by atoms with Crippen molar-refractivity contribution in [3.8, 4) is 5.75 Å². The average Bonchev–Trinajstić information content (AvgIpc) is 2.42. The number of ether oxygens (including phenoxy) is 1. The Morgan fingerprint density at radius 1 is 1.10 bits per heavy atom. The van der Waals surface area contributed by atoms with Gasteiger partial charge < -0.3 is 10.5 Å². The molecule has 0 radical (unpaired) electrons. The fourth-order valence-corrected chi connectivity index (χ4v) is 2.70. The average molecular weight is 314 g/mol. The summed E-state index contributed by atoms with van der Waals surface area (Å²) in [7, 11) is -2.74. The zero-order valence-electron chi connectivity index (χ0n) is 10.9. The van der Waals surface area contributed by atoms with Crippen LogP contribution in [-0.2, 0) is 10.0 Å². The van der Waals surface area contributed by atoms with Crippen LogP contribution in [0.2, 0.25) is 0 Å². The summed E-state index contributed by atoms with van der Waals surface area (Å²) in [4.78, 5) is -0.288. The maximum atomic E-state index is 13.5. The van der Waals surface area contributed by atoms with Crippen molar-refractivity contribution >= 4 is 21.4 Å². The molecule has 112 valence electrons. The predicted octanol–water partition coefficient (Wildman–Crippen LogP) is 2.36. The first kappa shape index (κ1) is 15.0. The van der Waals surface area contributed by atoms with Crippen LogP contribution in [0.4, 0.5) is 20.2 Å². The Bertz CT molecular complexity index is 779. The van der Waals surface area contributed by atoms with E-state index in [9.17, 15) is 17.2 Å². The number of anilines is 2. The molecule has 0 amide bonds. The Kier molecular flexibility index (Phi) is 3.99. The normalized spacial score (nSPS) is 11.2. The fraction of sp³-hybridized carbons (Fsp3) is 0.0769. The van der Waals surface area contributed by atoms with Gasteiger partial charge in [0.05, 0.1) is 23.4 Å².